The molecule has 0 amide bonds. The van der Waals surface area contributed by atoms with Crippen LogP contribution < -0.4 is 0 Å². The Hall–Kier alpha value is -1.19. The van der Waals surface area contributed by atoms with Crippen molar-refractivity contribution in [3.05, 3.63) is 0 Å². The summed E-state index contributed by atoms with van der Waals surface area (Å²) in [7, 11) is 0. The zero-order valence-corrected chi connectivity index (χ0v) is 12.9. The number of rotatable bonds is 1. The summed E-state index contributed by atoms with van der Waals surface area (Å²) < 4.78 is 0. The molecule has 0 aromatic heterocycles. The molecular formula is C17H24O4. The van der Waals surface area contributed by atoms with Crippen molar-refractivity contribution >= 4 is 17.5 Å². The number of carboxylic acids is 1. The number of carboxylic acid groups (broad SMARTS) is 1. The predicted molar refractivity (Wildman–Crippen MR) is 76.7 cm³/mol. The van der Waals surface area contributed by atoms with Crippen molar-refractivity contribution in [2.24, 2.45) is 28.6 Å². The second-order valence-corrected chi connectivity index (χ2v) is 7.80. The van der Waals surface area contributed by atoms with Crippen LogP contribution in [0.15, 0.2) is 0 Å². The predicted octanol–water partition coefficient (Wildman–Crippen LogP) is 2.84. The Morgan fingerprint density at radius 2 is 1.90 bits per heavy atom. The maximum absolute atomic E-state index is 12.5. The summed E-state index contributed by atoms with van der Waals surface area (Å²) in [5, 5.41) is 9.71. The monoisotopic (exact) mass is 292 g/mol. The van der Waals surface area contributed by atoms with E-state index in [1.54, 1.807) is 0 Å². The van der Waals surface area contributed by atoms with Gasteiger partial charge in [0.05, 0.1) is 5.41 Å². The zero-order chi connectivity index (χ0) is 15.4. The van der Waals surface area contributed by atoms with Gasteiger partial charge in [0.2, 0.25) is 0 Å². The SMILES string of the molecule is C[C@]12CCC[C@@](C)(C(=O)O)C1CC(=O)C1CC(=O)CCC12. The van der Waals surface area contributed by atoms with Gasteiger partial charge in [-0.25, -0.2) is 0 Å². The van der Waals surface area contributed by atoms with Gasteiger partial charge in [0.25, 0.3) is 0 Å². The van der Waals surface area contributed by atoms with E-state index in [-0.39, 0.29) is 34.7 Å². The molecule has 0 saturated heterocycles. The van der Waals surface area contributed by atoms with E-state index in [2.05, 4.69) is 6.92 Å². The molecule has 3 aliphatic rings. The first-order valence-electron chi connectivity index (χ1n) is 8.07. The molecule has 0 radical (unpaired) electrons. The Bertz CT molecular complexity index is 511. The maximum atomic E-state index is 12.5. The van der Waals surface area contributed by atoms with Crippen LogP contribution in [0.5, 0.6) is 0 Å². The van der Waals surface area contributed by atoms with Crippen molar-refractivity contribution in [3.8, 4) is 0 Å². The highest BCUT2D eigenvalue weighted by Crippen LogP contribution is 2.62. The summed E-state index contributed by atoms with van der Waals surface area (Å²) in [6.45, 7) is 4.00. The lowest BCUT2D eigenvalue weighted by molar-refractivity contribution is -0.175. The van der Waals surface area contributed by atoms with Gasteiger partial charge in [-0.15, -0.1) is 0 Å². The van der Waals surface area contributed by atoms with Crippen LogP contribution in [0.2, 0.25) is 0 Å². The fraction of sp³-hybridized carbons (Fsp3) is 0.824. The number of hydrogen-bond acceptors (Lipinski definition) is 3. The van der Waals surface area contributed by atoms with Crippen LogP contribution >= 0.6 is 0 Å². The smallest absolute Gasteiger partial charge is 0.309 e. The Labute approximate surface area is 125 Å². The number of carbonyl (C=O) groups excluding carboxylic acids is 2. The maximum Gasteiger partial charge on any atom is 0.309 e. The third kappa shape index (κ3) is 1.98. The van der Waals surface area contributed by atoms with Crippen LogP contribution in [-0.2, 0) is 14.4 Å². The van der Waals surface area contributed by atoms with Gasteiger partial charge in [0.15, 0.2) is 0 Å². The minimum Gasteiger partial charge on any atom is -0.481 e. The molecule has 0 aliphatic heterocycles. The lowest BCUT2D eigenvalue weighted by Gasteiger charge is -2.59. The summed E-state index contributed by atoms with van der Waals surface area (Å²) in [6, 6.07) is 0. The van der Waals surface area contributed by atoms with Gasteiger partial charge in [-0.1, -0.05) is 13.3 Å². The molecule has 5 atom stereocenters. The van der Waals surface area contributed by atoms with Crippen molar-refractivity contribution in [3.63, 3.8) is 0 Å². The van der Waals surface area contributed by atoms with Crippen molar-refractivity contribution in [2.45, 2.75) is 58.8 Å². The van der Waals surface area contributed by atoms with Crippen molar-refractivity contribution in [2.75, 3.05) is 0 Å². The van der Waals surface area contributed by atoms with Crippen LogP contribution in [-0.4, -0.2) is 22.6 Å². The minimum absolute atomic E-state index is 0.0850. The van der Waals surface area contributed by atoms with E-state index in [9.17, 15) is 19.5 Å². The van der Waals surface area contributed by atoms with E-state index in [0.717, 1.165) is 19.3 Å². The van der Waals surface area contributed by atoms with Gasteiger partial charge in [-0.2, -0.15) is 0 Å². The second-order valence-electron chi connectivity index (χ2n) is 7.80. The molecule has 4 heteroatoms. The molecule has 3 unspecified atom stereocenters. The number of carbonyl (C=O) groups is 3. The highest BCUT2D eigenvalue weighted by atomic mass is 16.4. The molecule has 3 fully saturated rings. The first-order valence-corrected chi connectivity index (χ1v) is 8.07. The van der Waals surface area contributed by atoms with Gasteiger partial charge in [-0.3, -0.25) is 14.4 Å². The average Bonchev–Trinajstić information content (AvgIpc) is 2.41. The molecule has 4 nitrogen and oxygen atoms in total. The fourth-order valence-electron chi connectivity index (χ4n) is 5.56. The van der Waals surface area contributed by atoms with Crippen LogP contribution in [0.3, 0.4) is 0 Å². The molecule has 0 bridgehead atoms. The highest BCUT2D eigenvalue weighted by molar-refractivity contribution is 5.91. The molecule has 3 rings (SSSR count). The van der Waals surface area contributed by atoms with Crippen molar-refractivity contribution in [1.82, 2.24) is 0 Å². The third-order valence-electron chi connectivity index (χ3n) is 6.80. The van der Waals surface area contributed by atoms with E-state index in [4.69, 9.17) is 0 Å². The molecule has 3 aliphatic carbocycles. The largest absolute Gasteiger partial charge is 0.481 e. The molecule has 0 aromatic carbocycles. The molecule has 0 heterocycles. The normalized spacial score (nSPS) is 46.7. The number of fused-ring (bicyclic) bond motifs is 3. The number of hydrogen-bond donors (Lipinski definition) is 1. The Balaban J connectivity index is 2.01. The molecule has 116 valence electrons. The van der Waals surface area contributed by atoms with Crippen LogP contribution in [0.1, 0.15) is 58.8 Å². The summed E-state index contributed by atoms with van der Waals surface area (Å²) in [6.07, 6.45) is 4.60. The summed E-state index contributed by atoms with van der Waals surface area (Å²) in [5.74, 6) is -0.479. The standard InChI is InChI=1S/C17H24O4/c1-16-6-3-7-17(2,15(20)21)14(16)9-13(19)11-8-10(18)4-5-12(11)16/h11-12,14H,3-9H2,1-2H3,(H,20,21)/t11?,12?,14?,16-,17-/m1/s1. The lowest BCUT2D eigenvalue weighted by atomic mass is 9.44. The third-order valence-corrected chi connectivity index (χ3v) is 6.80. The second kappa shape index (κ2) is 4.65. The first kappa shape index (κ1) is 14.7. The molecule has 0 spiro atoms. The number of ketones is 2. The van der Waals surface area contributed by atoms with Crippen LogP contribution in [0.4, 0.5) is 0 Å². The van der Waals surface area contributed by atoms with E-state index < -0.39 is 11.4 Å². The Morgan fingerprint density at radius 1 is 1.19 bits per heavy atom. The van der Waals surface area contributed by atoms with Gasteiger partial charge in [0, 0.05) is 25.2 Å². The minimum atomic E-state index is -0.797. The van der Waals surface area contributed by atoms with E-state index in [1.165, 1.54) is 0 Å². The van der Waals surface area contributed by atoms with Gasteiger partial charge >= 0.3 is 5.97 Å². The summed E-state index contributed by atoms with van der Waals surface area (Å²) in [4.78, 5) is 36.1. The summed E-state index contributed by atoms with van der Waals surface area (Å²) in [5.41, 5.74) is -0.903. The zero-order valence-electron chi connectivity index (χ0n) is 12.9. The van der Waals surface area contributed by atoms with Crippen LogP contribution in [0.25, 0.3) is 0 Å². The van der Waals surface area contributed by atoms with E-state index in [0.29, 0.717) is 25.7 Å². The van der Waals surface area contributed by atoms with Crippen LogP contribution in [0, 0.1) is 28.6 Å². The average molecular weight is 292 g/mol. The van der Waals surface area contributed by atoms with Gasteiger partial charge in [-0.05, 0) is 43.4 Å². The van der Waals surface area contributed by atoms with Gasteiger partial charge < -0.3 is 5.11 Å². The Kier molecular flexibility index (Phi) is 3.26. The first-order chi connectivity index (χ1) is 9.79. The number of Topliss-reactive ketones (excluding diaryl/α,β-unsaturated/α-hetero) is 2. The molecule has 3 saturated carbocycles. The molecular weight excluding hydrogens is 268 g/mol. The topological polar surface area (TPSA) is 71.4 Å². The van der Waals surface area contributed by atoms with Gasteiger partial charge in [0.1, 0.15) is 11.6 Å². The molecule has 0 aromatic rings. The summed E-state index contributed by atoms with van der Waals surface area (Å²) >= 11 is 0. The molecule has 1 N–H and O–H groups in total. The Morgan fingerprint density at radius 3 is 2.57 bits per heavy atom. The van der Waals surface area contributed by atoms with Crippen molar-refractivity contribution < 1.29 is 19.5 Å². The fourth-order valence-corrected chi connectivity index (χ4v) is 5.56. The number of aliphatic carboxylic acids is 1. The highest BCUT2D eigenvalue weighted by Gasteiger charge is 2.61. The van der Waals surface area contributed by atoms with E-state index >= 15 is 0 Å². The van der Waals surface area contributed by atoms with Crippen molar-refractivity contribution in [1.29, 1.82) is 0 Å². The van der Waals surface area contributed by atoms with E-state index in [1.807, 2.05) is 6.92 Å². The molecule has 21 heavy (non-hydrogen) atoms. The quantitative estimate of drug-likeness (QED) is 0.806. The lowest BCUT2D eigenvalue weighted by Crippen LogP contribution is -2.58.